The van der Waals surface area contributed by atoms with Crippen molar-refractivity contribution in [1.82, 2.24) is 10.4 Å². The third-order valence-corrected chi connectivity index (χ3v) is 1.78. The van der Waals surface area contributed by atoms with Crippen molar-refractivity contribution in [2.75, 3.05) is 6.67 Å². The Hall–Kier alpha value is -0.770. The van der Waals surface area contributed by atoms with E-state index < -0.39 is 0 Å². The molecule has 0 fully saturated rings. The van der Waals surface area contributed by atoms with Crippen LogP contribution in [0.15, 0.2) is 0 Å². The Morgan fingerprint density at radius 2 is 2.60 bits per heavy atom. The second-order valence-electron chi connectivity index (χ2n) is 2.54. The molecule has 10 heavy (non-hydrogen) atoms. The van der Waals surface area contributed by atoms with Crippen LogP contribution >= 0.6 is 0 Å². The van der Waals surface area contributed by atoms with E-state index in [0.29, 0.717) is 12.7 Å². The highest BCUT2D eigenvalue weighted by molar-refractivity contribution is 5.48. The molecular formula is C6H13N3O. The Morgan fingerprint density at radius 1 is 1.90 bits per heavy atom. The Bertz CT molecular complexity index is 146. The van der Waals surface area contributed by atoms with Crippen LogP contribution < -0.4 is 5.43 Å². The van der Waals surface area contributed by atoms with Gasteiger partial charge in [0.05, 0.1) is 0 Å². The van der Waals surface area contributed by atoms with Crippen LogP contribution in [0.2, 0.25) is 0 Å². The van der Waals surface area contributed by atoms with Crippen molar-refractivity contribution in [1.29, 1.82) is 0 Å². The first-order chi connectivity index (χ1) is 4.74. The van der Waals surface area contributed by atoms with Gasteiger partial charge in [-0.2, -0.15) is 5.43 Å². The third-order valence-electron chi connectivity index (χ3n) is 1.78. The van der Waals surface area contributed by atoms with E-state index in [4.69, 9.17) is 0 Å². The summed E-state index contributed by atoms with van der Waals surface area (Å²) in [6.45, 7) is 4.62. The first-order valence-electron chi connectivity index (χ1n) is 3.54. The molecule has 1 heterocycles. The van der Waals surface area contributed by atoms with Crippen molar-refractivity contribution in [3.05, 3.63) is 5.21 Å². The van der Waals surface area contributed by atoms with Gasteiger partial charge in [0.2, 0.25) is 0 Å². The molecule has 4 nitrogen and oxygen atoms in total. The Balaban J connectivity index is 2.34. The van der Waals surface area contributed by atoms with Gasteiger partial charge in [-0.1, -0.05) is 6.92 Å². The van der Waals surface area contributed by atoms with Crippen LogP contribution in [0.1, 0.15) is 20.3 Å². The van der Waals surface area contributed by atoms with Crippen molar-refractivity contribution in [2.45, 2.75) is 26.3 Å². The second kappa shape index (κ2) is 2.88. The highest BCUT2D eigenvalue weighted by Crippen LogP contribution is 2.00. The van der Waals surface area contributed by atoms with Crippen LogP contribution in [-0.4, -0.2) is 28.8 Å². The molecule has 58 valence electrons. The van der Waals surface area contributed by atoms with Gasteiger partial charge >= 0.3 is 0 Å². The average molecular weight is 143 g/mol. The lowest BCUT2D eigenvalue weighted by atomic mass is 10.3. The van der Waals surface area contributed by atoms with Crippen molar-refractivity contribution >= 4 is 6.34 Å². The lowest BCUT2D eigenvalue weighted by Crippen LogP contribution is -2.39. The van der Waals surface area contributed by atoms with Gasteiger partial charge in [0, 0.05) is 6.04 Å². The summed E-state index contributed by atoms with van der Waals surface area (Å²) in [7, 11) is 0. The number of hydrazine groups is 1. The molecule has 0 aromatic heterocycles. The lowest BCUT2D eigenvalue weighted by molar-refractivity contribution is -0.465. The fourth-order valence-corrected chi connectivity index (χ4v) is 0.857. The maximum Gasteiger partial charge on any atom is 0.254 e. The summed E-state index contributed by atoms with van der Waals surface area (Å²) < 4.78 is 0.881. The van der Waals surface area contributed by atoms with Gasteiger partial charge in [-0.15, -0.1) is 5.01 Å². The first-order valence-corrected chi connectivity index (χ1v) is 3.54. The SMILES string of the molecule is CCC(C)N1C[N+]([O-])=CN1. The van der Waals surface area contributed by atoms with Crippen molar-refractivity contribution in [3.63, 3.8) is 0 Å². The molecule has 0 aromatic carbocycles. The van der Waals surface area contributed by atoms with Gasteiger partial charge in [-0.25, -0.2) is 0 Å². The van der Waals surface area contributed by atoms with E-state index in [-0.39, 0.29) is 0 Å². The maximum absolute atomic E-state index is 10.6. The zero-order valence-electron chi connectivity index (χ0n) is 6.37. The monoisotopic (exact) mass is 143 g/mol. The van der Waals surface area contributed by atoms with E-state index in [1.807, 2.05) is 5.01 Å². The molecule has 0 saturated heterocycles. The number of hydroxylamine groups is 1. The average Bonchev–Trinajstić information content (AvgIpc) is 2.34. The predicted octanol–water partition coefficient (Wildman–Crippen LogP) is 0.101. The largest absolute Gasteiger partial charge is 0.714 e. The molecule has 1 atom stereocenters. The van der Waals surface area contributed by atoms with E-state index in [1.54, 1.807) is 0 Å². The van der Waals surface area contributed by atoms with Gasteiger partial charge in [0.15, 0.2) is 6.67 Å². The lowest BCUT2D eigenvalue weighted by Gasteiger charge is -2.16. The third kappa shape index (κ3) is 1.39. The normalized spacial score (nSPS) is 22.0. The Morgan fingerprint density at radius 3 is 3.00 bits per heavy atom. The minimum atomic E-state index is 0.426. The van der Waals surface area contributed by atoms with Crippen molar-refractivity contribution in [2.24, 2.45) is 0 Å². The predicted molar refractivity (Wildman–Crippen MR) is 39.3 cm³/mol. The quantitative estimate of drug-likeness (QED) is 0.440. The second-order valence-corrected chi connectivity index (χ2v) is 2.54. The van der Waals surface area contributed by atoms with Gasteiger partial charge in [-0.3, -0.25) is 4.74 Å². The molecule has 1 rings (SSSR count). The molecule has 0 amide bonds. The number of rotatable bonds is 2. The zero-order valence-corrected chi connectivity index (χ0v) is 6.37. The standard InChI is InChI=1S/C6H13N3O/c1-3-6(2)9-5-8(10)4-7-9/h4,6-7H,3,5H2,1-2H3. The summed E-state index contributed by atoms with van der Waals surface area (Å²) in [6, 6.07) is 0.426. The van der Waals surface area contributed by atoms with E-state index in [2.05, 4.69) is 19.3 Å². The minimum absolute atomic E-state index is 0.426. The number of hydrogen-bond donors (Lipinski definition) is 1. The van der Waals surface area contributed by atoms with Crippen molar-refractivity contribution < 1.29 is 4.74 Å². The number of hydrogen-bond acceptors (Lipinski definition) is 3. The molecule has 1 unspecified atom stereocenters. The van der Waals surface area contributed by atoms with Crippen LogP contribution in [-0.2, 0) is 0 Å². The summed E-state index contributed by atoms with van der Waals surface area (Å²) in [6.07, 6.45) is 2.49. The topological polar surface area (TPSA) is 41.3 Å². The highest BCUT2D eigenvalue weighted by atomic mass is 16.5. The molecule has 0 saturated carbocycles. The Labute approximate surface area is 60.7 Å². The molecule has 1 aliphatic rings. The van der Waals surface area contributed by atoms with E-state index in [0.717, 1.165) is 11.2 Å². The first kappa shape index (κ1) is 7.34. The van der Waals surface area contributed by atoms with Gasteiger partial charge in [0.25, 0.3) is 6.34 Å². The molecule has 0 aliphatic carbocycles. The smallest absolute Gasteiger partial charge is 0.254 e. The molecule has 4 heteroatoms. The number of nitrogens with zero attached hydrogens (tertiary/aromatic N) is 2. The molecule has 1 N–H and O–H groups in total. The van der Waals surface area contributed by atoms with Crippen LogP contribution in [0.5, 0.6) is 0 Å². The highest BCUT2D eigenvalue weighted by Gasteiger charge is 2.19. The summed E-state index contributed by atoms with van der Waals surface area (Å²) in [5.74, 6) is 0. The van der Waals surface area contributed by atoms with E-state index in [1.165, 1.54) is 6.34 Å². The zero-order chi connectivity index (χ0) is 7.56. The van der Waals surface area contributed by atoms with Crippen LogP contribution in [0.4, 0.5) is 0 Å². The number of nitrogens with one attached hydrogen (secondary N) is 1. The molecule has 0 radical (unpaired) electrons. The van der Waals surface area contributed by atoms with Crippen molar-refractivity contribution in [3.8, 4) is 0 Å². The maximum atomic E-state index is 10.6. The van der Waals surface area contributed by atoms with Crippen LogP contribution in [0.25, 0.3) is 0 Å². The van der Waals surface area contributed by atoms with Gasteiger partial charge in [-0.05, 0) is 13.3 Å². The molecular weight excluding hydrogens is 130 g/mol. The van der Waals surface area contributed by atoms with Crippen LogP contribution in [0.3, 0.4) is 0 Å². The molecule has 0 spiro atoms. The summed E-state index contributed by atoms with van der Waals surface area (Å²) >= 11 is 0. The minimum Gasteiger partial charge on any atom is -0.714 e. The van der Waals surface area contributed by atoms with Gasteiger partial charge in [0.1, 0.15) is 0 Å². The summed E-state index contributed by atoms with van der Waals surface area (Å²) in [4.78, 5) is 0. The van der Waals surface area contributed by atoms with Crippen LogP contribution in [0, 0.1) is 5.21 Å². The van der Waals surface area contributed by atoms with E-state index in [9.17, 15) is 5.21 Å². The van der Waals surface area contributed by atoms with Gasteiger partial charge < -0.3 is 5.21 Å². The molecule has 1 aliphatic heterocycles. The summed E-state index contributed by atoms with van der Waals surface area (Å²) in [5.41, 5.74) is 2.88. The summed E-state index contributed by atoms with van der Waals surface area (Å²) in [5, 5.41) is 12.5. The fourth-order valence-electron chi connectivity index (χ4n) is 0.857. The molecule has 0 bridgehead atoms. The van der Waals surface area contributed by atoms with E-state index >= 15 is 0 Å². The molecule has 0 aromatic rings. The fraction of sp³-hybridized carbons (Fsp3) is 0.833. The Kier molecular flexibility index (Phi) is 2.11.